The van der Waals surface area contributed by atoms with Gasteiger partial charge in [-0.25, -0.2) is 0 Å². The van der Waals surface area contributed by atoms with Crippen LogP contribution < -0.4 is 5.11 Å². The minimum Gasteiger partial charge on any atom is -0.872 e. The van der Waals surface area contributed by atoms with Crippen molar-refractivity contribution in [3.8, 4) is 5.75 Å². The Morgan fingerprint density at radius 3 is 1.73 bits per heavy atom. The predicted molar refractivity (Wildman–Crippen MR) is 63.3 cm³/mol. The van der Waals surface area contributed by atoms with Gasteiger partial charge in [0.05, 0.1) is 0 Å². The lowest BCUT2D eigenvalue weighted by molar-refractivity contribution is -0.270. The van der Waals surface area contributed by atoms with Crippen LogP contribution in [0.5, 0.6) is 5.75 Å². The highest BCUT2D eigenvalue weighted by molar-refractivity contribution is 5.46. The van der Waals surface area contributed by atoms with Gasteiger partial charge in [0.1, 0.15) is 0 Å². The largest absolute Gasteiger partial charge is 0.872 e. The Labute approximate surface area is 93.1 Å². The van der Waals surface area contributed by atoms with Crippen LogP contribution in [0, 0.1) is 0 Å². The maximum absolute atomic E-state index is 11.9. The van der Waals surface area contributed by atoms with Gasteiger partial charge in [-0.15, -0.1) is 5.75 Å². The number of hydrogen-bond donors (Lipinski definition) is 0. The zero-order valence-corrected chi connectivity index (χ0v) is 10.6. The molecule has 0 saturated carbocycles. The summed E-state index contributed by atoms with van der Waals surface area (Å²) in [6.45, 7) is 12.7. The van der Waals surface area contributed by atoms with Crippen LogP contribution in [0.25, 0.3) is 0 Å². The molecule has 1 aromatic carbocycles. The van der Waals surface area contributed by atoms with E-state index in [9.17, 15) is 5.11 Å². The molecule has 0 N–H and O–H groups in total. The number of rotatable bonds is 0. The normalized spacial score (nSPS) is 12.9. The Balaban J connectivity index is 3.48. The molecule has 0 fully saturated rings. The molecule has 1 nitrogen and oxygen atoms in total. The van der Waals surface area contributed by atoms with Crippen LogP contribution in [-0.4, -0.2) is 0 Å². The minimum absolute atomic E-state index is 0.0308. The van der Waals surface area contributed by atoms with E-state index in [4.69, 9.17) is 0 Å². The van der Waals surface area contributed by atoms with Crippen LogP contribution in [0.1, 0.15) is 52.7 Å². The highest BCUT2D eigenvalue weighted by atomic mass is 16.3. The quantitative estimate of drug-likeness (QED) is 0.637. The molecule has 0 saturated heterocycles. The van der Waals surface area contributed by atoms with Crippen molar-refractivity contribution >= 4 is 0 Å². The summed E-state index contributed by atoms with van der Waals surface area (Å²) in [7, 11) is 0. The average molecular weight is 205 g/mol. The molecule has 0 heterocycles. The first-order valence-electron chi connectivity index (χ1n) is 5.45. The molecule has 0 atom stereocenters. The van der Waals surface area contributed by atoms with E-state index in [0.29, 0.717) is 0 Å². The molecule has 1 heteroatoms. The molecule has 0 spiro atoms. The molecule has 0 radical (unpaired) electrons. The van der Waals surface area contributed by atoms with Gasteiger partial charge in [-0.3, -0.25) is 0 Å². The van der Waals surface area contributed by atoms with Crippen molar-refractivity contribution in [2.75, 3.05) is 0 Å². The van der Waals surface area contributed by atoms with Crippen molar-refractivity contribution in [3.05, 3.63) is 29.3 Å². The van der Waals surface area contributed by atoms with E-state index in [1.54, 1.807) is 6.07 Å². The molecule has 0 aromatic heterocycles. The second-order valence-corrected chi connectivity index (χ2v) is 6.18. The molecule has 0 aliphatic rings. The fourth-order valence-corrected chi connectivity index (χ4v) is 1.93. The Morgan fingerprint density at radius 2 is 1.40 bits per heavy atom. The third kappa shape index (κ3) is 2.53. The molecule has 1 rings (SSSR count). The van der Waals surface area contributed by atoms with Crippen molar-refractivity contribution in [1.82, 2.24) is 0 Å². The van der Waals surface area contributed by atoms with Crippen LogP contribution >= 0.6 is 0 Å². The molecular formula is C14H21O-. The summed E-state index contributed by atoms with van der Waals surface area (Å²) in [4.78, 5) is 0. The lowest BCUT2D eigenvalue weighted by Crippen LogP contribution is -2.23. The molecule has 0 bridgehead atoms. The van der Waals surface area contributed by atoms with Crippen LogP contribution in [0.15, 0.2) is 18.2 Å². The smallest absolute Gasteiger partial charge is 0.0129 e. The van der Waals surface area contributed by atoms with Crippen molar-refractivity contribution in [2.45, 2.75) is 52.4 Å². The first kappa shape index (κ1) is 12.1. The fourth-order valence-electron chi connectivity index (χ4n) is 1.93. The van der Waals surface area contributed by atoms with Crippen molar-refractivity contribution in [1.29, 1.82) is 0 Å². The van der Waals surface area contributed by atoms with E-state index in [0.717, 1.165) is 5.56 Å². The van der Waals surface area contributed by atoms with Gasteiger partial charge in [0, 0.05) is 0 Å². The van der Waals surface area contributed by atoms with Crippen LogP contribution in [0.2, 0.25) is 0 Å². The van der Waals surface area contributed by atoms with Gasteiger partial charge in [-0.05, 0) is 22.0 Å². The number of benzene rings is 1. The average Bonchev–Trinajstić information content (AvgIpc) is 1.99. The Bertz CT molecular complexity index is 351. The molecule has 1 aromatic rings. The lowest BCUT2D eigenvalue weighted by atomic mass is 9.75. The van der Waals surface area contributed by atoms with Crippen molar-refractivity contribution in [2.24, 2.45) is 0 Å². The molecule has 0 aliphatic heterocycles. The summed E-state index contributed by atoms with van der Waals surface area (Å²) in [6.07, 6.45) is 0. The van der Waals surface area contributed by atoms with E-state index >= 15 is 0 Å². The van der Waals surface area contributed by atoms with Gasteiger partial charge in [0.25, 0.3) is 0 Å². The molecule has 0 unspecified atom stereocenters. The van der Waals surface area contributed by atoms with Gasteiger partial charge >= 0.3 is 0 Å². The third-order valence-electron chi connectivity index (χ3n) is 2.58. The van der Waals surface area contributed by atoms with Crippen LogP contribution in [0.4, 0.5) is 0 Å². The summed E-state index contributed by atoms with van der Waals surface area (Å²) in [5, 5.41) is 11.9. The molecule has 0 amide bonds. The van der Waals surface area contributed by atoms with Gasteiger partial charge in [0.15, 0.2) is 0 Å². The van der Waals surface area contributed by atoms with Gasteiger partial charge < -0.3 is 5.11 Å². The Morgan fingerprint density at radius 1 is 0.867 bits per heavy atom. The summed E-state index contributed by atoms with van der Waals surface area (Å²) in [5.74, 6) is 0.162. The standard InChI is InChI=1S/C14H22O/c1-13(2,3)10-8-7-9-11(15)12(10)14(4,5)6/h7-9,15H,1-6H3/p-1. The van der Waals surface area contributed by atoms with Crippen LogP contribution in [-0.2, 0) is 10.8 Å². The zero-order chi connectivity index (χ0) is 11.9. The monoisotopic (exact) mass is 205 g/mol. The molecule has 15 heavy (non-hydrogen) atoms. The molecule has 0 aliphatic carbocycles. The maximum atomic E-state index is 11.9. The first-order valence-corrected chi connectivity index (χ1v) is 5.45. The van der Waals surface area contributed by atoms with Gasteiger partial charge in [0.2, 0.25) is 0 Å². The summed E-state index contributed by atoms with van der Waals surface area (Å²) >= 11 is 0. The SMILES string of the molecule is CC(C)(C)c1cccc([O-])c1C(C)(C)C. The predicted octanol–water partition coefficient (Wildman–Crippen LogP) is 3.36. The van der Waals surface area contributed by atoms with Gasteiger partial charge in [-0.2, -0.15) is 0 Å². The zero-order valence-electron chi connectivity index (χ0n) is 10.6. The highest BCUT2D eigenvalue weighted by Gasteiger charge is 2.24. The highest BCUT2D eigenvalue weighted by Crippen LogP contribution is 2.37. The summed E-state index contributed by atoms with van der Waals surface area (Å²) < 4.78 is 0. The van der Waals surface area contributed by atoms with E-state index in [1.165, 1.54) is 5.56 Å². The maximum Gasteiger partial charge on any atom is -0.0129 e. The van der Waals surface area contributed by atoms with Crippen molar-refractivity contribution < 1.29 is 5.11 Å². The second-order valence-electron chi connectivity index (χ2n) is 6.18. The Kier molecular flexibility index (Phi) is 2.86. The minimum atomic E-state index is -0.0824. The fraction of sp³-hybridized carbons (Fsp3) is 0.571. The van der Waals surface area contributed by atoms with E-state index in [2.05, 4.69) is 47.6 Å². The lowest BCUT2D eigenvalue weighted by Gasteiger charge is -2.34. The summed E-state index contributed by atoms with van der Waals surface area (Å²) in [5.41, 5.74) is 2.07. The molecule has 84 valence electrons. The second kappa shape index (κ2) is 3.55. The van der Waals surface area contributed by atoms with Crippen molar-refractivity contribution in [3.63, 3.8) is 0 Å². The number of hydrogen-bond acceptors (Lipinski definition) is 1. The molecular weight excluding hydrogens is 184 g/mol. The van der Waals surface area contributed by atoms with Crippen LogP contribution in [0.3, 0.4) is 0 Å². The summed E-state index contributed by atoms with van der Waals surface area (Å²) in [6, 6.07) is 5.59. The van der Waals surface area contributed by atoms with Gasteiger partial charge in [-0.1, -0.05) is 59.7 Å². The van der Waals surface area contributed by atoms with E-state index in [1.807, 2.05) is 6.07 Å². The Hall–Kier alpha value is -0.980. The van der Waals surface area contributed by atoms with E-state index < -0.39 is 0 Å². The topological polar surface area (TPSA) is 23.1 Å². The first-order chi connectivity index (χ1) is 6.64. The third-order valence-corrected chi connectivity index (χ3v) is 2.58. The van der Waals surface area contributed by atoms with E-state index in [-0.39, 0.29) is 16.6 Å².